The van der Waals surface area contributed by atoms with Gasteiger partial charge in [0.2, 0.25) is 0 Å². The summed E-state index contributed by atoms with van der Waals surface area (Å²) in [6.07, 6.45) is 0. The maximum Gasteiger partial charge on any atom is 2.00 e. The Morgan fingerprint density at radius 3 is 1.14 bits per heavy atom. The number of hydrogen-bond donors (Lipinski definition) is 0. The van der Waals surface area contributed by atoms with Gasteiger partial charge in [0.1, 0.15) is 0 Å². The molecule has 0 heterocycles. The van der Waals surface area contributed by atoms with Gasteiger partial charge in [-0.05, 0) is 0 Å². The molecule has 0 N–H and O–H groups in total. The fourth-order valence-electron chi connectivity index (χ4n) is 0. The Morgan fingerprint density at radius 1 is 1.14 bits per heavy atom. The summed E-state index contributed by atoms with van der Waals surface area (Å²) in [5.41, 5.74) is 0. The van der Waals surface area contributed by atoms with E-state index < -0.39 is 10.4 Å². The maximum absolute atomic E-state index is 8.52. The van der Waals surface area contributed by atoms with Gasteiger partial charge in [0.25, 0.3) is 0 Å². The predicted octanol–water partition coefficient (Wildman–Crippen LogP) is -1.72. The Labute approximate surface area is 81.7 Å². The Morgan fingerprint density at radius 2 is 1.14 bits per heavy atom. The molecule has 0 saturated heterocycles. The van der Waals surface area contributed by atoms with Crippen LogP contribution in [0, 0.1) is 0 Å². The van der Waals surface area contributed by atoms with Crippen LogP contribution in [0.5, 0.6) is 0 Å². The zero-order chi connectivity index (χ0) is 4.50. The molecule has 0 saturated carbocycles. The minimum Gasteiger partial charge on any atom is -0.759 e. The fourth-order valence-corrected chi connectivity index (χ4v) is 0. The molecule has 0 spiro atoms. The van der Waals surface area contributed by atoms with Gasteiger partial charge in [0.15, 0.2) is 0 Å². The molecule has 0 aliphatic heterocycles. The predicted molar refractivity (Wildman–Crippen MR) is 16.2 cm³/mol. The quantitative estimate of drug-likeness (QED) is 0.264. The third-order valence-corrected chi connectivity index (χ3v) is 0. The zero-order valence-electron chi connectivity index (χ0n) is 3.05. The van der Waals surface area contributed by atoms with Gasteiger partial charge in [-0.15, -0.1) is 0 Å². The largest absolute Gasteiger partial charge is 2.00 e. The minimum absolute atomic E-state index is 0. The molecule has 7 heteroatoms. The Kier molecular flexibility index (Phi) is 13.1. The maximum atomic E-state index is 8.52. The molecule has 0 aliphatic carbocycles. The van der Waals surface area contributed by atoms with Gasteiger partial charge in [-0.2, -0.15) is 0 Å². The Hall–Kier alpha value is 1.65. The Bertz CT molecular complexity index is 94.9. The van der Waals surface area contributed by atoms with Crippen molar-refractivity contribution in [2.45, 2.75) is 0 Å². The van der Waals surface area contributed by atoms with Gasteiger partial charge >= 0.3 is 17.1 Å². The summed E-state index contributed by atoms with van der Waals surface area (Å²) in [5.74, 6) is 0. The molecule has 43 valence electrons. The molecule has 4 nitrogen and oxygen atoms in total. The van der Waals surface area contributed by atoms with Crippen molar-refractivity contribution in [3.05, 3.63) is 0 Å². The normalized spacial score (nSPS) is 8.29. The number of rotatable bonds is 0. The first-order valence-corrected chi connectivity index (χ1v) is 2.00. The van der Waals surface area contributed by atoms with E-state index in [0.717, 1.165) is 0 Å². The van der Waals surface area contributed by atoms with Crippen LogP contribution in [0.2, 0.25) is 0 Å². The molecular formula is CaCuO4S. The summed E-state index contributed by atoms with van der Waals surface area (Å²) in [5, 5.41) is 0. The molecule has 0 rings (SSSR count). The van der Waals surface area contributed by atoms with Crippen molar-refractivity contribution in [3.63, 3.8) is 0 Å². The van der Waals surface area contributed by atoms with E-state index in [-0.39, 0.29) is 54.8 Å². The molecule has 0 aliphatic rings. The van der Waals surface area contributed by atoms with Gasteiger partial charge in [-0.1, -0.05) is 0 Å². The molecule has 0 aromatic carbocycles. The summed E-state index contributed by atoms with van der Waals surface area (Å²) in [6, 6.07) is 0. The van der Waals surface area contributed by atoms with Crippen molar-refractivity contribution in [3.8, 4) is 0 Å². The van der Waals surface area contributed by atoms with Gasteiger partial charge in [-0.3, -0.25) is 8.42 Å². The zero-order valence-corrected chi connectivity index (χ0v) is 7.02. The van der Waals surface area contributed by atoms with E-state index in [9.17, 15) is 0 Å². The standard InChI is InChI=1S/Ca.Cu.H2O4S/c;;1-5(2,3)4/h;;(H2,1,2,3,4)/q;+2;/p-2. The second-order valence-corrected chi connectivity index (χ2v) is 1.22. The first-order chi connectivity index (χ1) is 2.00. The van der Waals surface area contributed by atoms with E-state index in [4.69, 9.17) is 17.5 Å². The van der Waals surface area contributed by atoms with E-state index >= 15 is 0 Å². The molecular weight excluding hydrogens is 200 g/mol. The molecule has 0 fully saturated rings. The van der Waals surface area contributed by atoms with Crippen molar-refractivity contribution >= 4 is 48.1 Å². The van der Waals surface area contributed by atoms with E-state index in [0.29, 0.717) is 0 Å². The topological polar surface area (TPSA) is 80.3 Å². The molecule has 7 heavy (non-hydrogen) atoms. The van der Waals surface area contributed by atoms with Crippen LogP contribution < -0.4 is 0 Å². The van der Waals surface area contributed by atoms with Crippen LogP contribution in [0.3, 0.4) is 0 Å². The van der Waals surface area contributed by atoms with Crippen LogP contribution in [0.1, 0.15) is 0 Å². The second kappa shape index (κ2) is 5.78. The monoisotopic (exact) mass is 199 g/mol. The summed E-state index contributed by atoms with van der Waals surface area (Å²) in [4.78, 5) is 0. The van der Waals surface area contributed by atoms with E-state index in [1.807, 2.05) is 0 Å². The van der Waals surface area contributed by atoms with Crippen LogP contribution in [-0.2, 0) is 27.5 Å². The summed E-state index contributed by atoms with van der Waals surface area (Å²) >= 11 is 0. The smallest absolute Gasteiger partial charge is 0.759 e. The second-order valence-electron chi connectivity index (χ2n) is 0.408. The van der Waals surface area contributed by atoms with Crippen LogP contribution in [0.4, 0.5) is 0 Å². The van der Waals surface area contributed by atoms with Crippen LogP contribution >= 0.6 is 0 Å². The average molecular weight is 200 g/mol. The molecule has 3 radical (unpaired) electrons. The summed E-state index contributed by atoms with van der Waals surface area (Å²) < 4.78 is 34.1. The van der Waals surface area contributed by atoms with Crippen molar-refractivity contribution < 1.29 is 34.6 Å². The van der Waals surface area contributed by atoms with Crippen LogP contribution in [0.15, 0.2) is 0 Å². The van der Waals surface area contributed by atoms with Crippen molar-refractivity contribution in [2.75, 3.05) is 0 Å². The van der Waals surface area contributed by atoms with Gasteiger partial charge in [-0.25, -0.2) is 0 Å². The third kappa shape index (κ3) is 89.8. The SMILES string of the molecule is O=S(=O)([O-])[O-].[Ca].[Cu+2]. The first-order valence-electron chi connectivity index (χ1n) is 0.667. The van der Waals surface area contributed by atoms with E-state index in [2.05, 4.69) is 0 Å². The first kappa shape index (κ1) is 15.9. The van der Waals surface area contributed by atoms with Crippen molar-refractivity contribution in [1.82, 2.24) is 0 Å². The van der Waals surface area contributed by atoms with Gasteiger partial charge in [0.05, 0.1) is 0 Å². The minimum atomic E-state index is -5.17. The summed E-state index contributed by atoms with van der Waals surface area (Å²) in [6.45, 7) is 0. The molecule has 0 aromatic heterocycles. The average Bonchev–Trinajstić information content (AvgIpc) is 0.722. The molecule has 0 unspecified atom stereocenters. The molecule has 0 bridgehead atoms. The van der Waals surface area contributed by atoms with Crippen molar-refractivity contribution in [2.24, 2.45) is 0 Å². The molecule has 0 amide bonds. The van der Waals surface area contributed by atoms with Gasteiger partial charge < -0.3 is 9.11 Å². The van der Waals surface area contributed by atoms with Gasteiger partial charge in [0, 0.05) is 48.1 Å². The molecule has 0 atom stereocenters. The van der Waals surface area contributed by atoms with Crippen LogP contribution in [0.25, 0.3) is 0 Å². The van der Waals surface area contributed by atoms with Crippen molar-refractivity contribution in [1.29, 1.82) is 0 Å². The fraction of sp³-hybridized carbons (Fsp3) is 0. The van der Waals surface area contributed by atoms with E-state index in [1.165, 1.54) is 0 Å². The Balaban J connectivity index is -0.0000000800. The summed E-state index contributed by atoms with van der Waals surface area (Å²) in [7, 11) is -5.17. The molecule has 0 aromatic rings. The van der Waals surface area contributed by atoms with Crippen LogP contribution in [-0.4, -0.2) is 55.3 Å². The number of hydrogen-bond acceptors (Lipinski definition) is 4. The van der Waals surface area contributed by atoms with E-state index in [1.54, 1.807) is 0 Å². The third-order valence-electron chi connectivity index (χ3n) is 0.